The number of sulfonamides is 1. The lowest BCUT2D eigenvalue weighted by Crippen LogP contribution is -2.26. The maximum atomic E-state index is 13.8. The Kier molecular flexibility index (Phi) is 4.16. The van der Waals surface area contributed by atoms with E-state index < -0.39 is 15.8 Å². The third-order valence-corrected chi connectivity index (χ3v) is 5.56. The molecule has 22 heavy (non-hydrogen) atoms. The maximum Gasteiger partial charge on any atom is 0.214 e. The van der Waals surface area contributed by atoms with Gasteiger partial charge in [-0.1, -0.05) is 28.9 Å². The van der Waals surface area contributed by atoms with Gasteiger partial charge < -0.3 is 0 Å². The zero-order chi connectivity index (χ0) is 15.7. The summed E-state index contributed by atoms with van der Waals surface area (Å²) in [6, 6.07) is 4.74. The van der Waals surface area contributed by atoms with Crippen molar-refractivity contribution >= 4 is 21.6 Å². The van der Waals surface area contributed by atoms with Crippen molar-refractivity contribution in [2.45, 2.75) is 31.2 Å². The van der Waals surface area contributed by atoms with Crippen molar-refractivity contribution < 1.29 is 12.8 Å². The van der Waals surface area contributed by atoms with Gasteiger partial charge in [-0.3, -0.25) is 0 Å². The Morgan fingerprint density at radius 2 is 2.18 bits per heavy atom. The molecule has 0 amide bonds. The van der Waals surface area contributed by atoms with Crippen LogP contribution in [0, 0.1) is 5.82 Å². The largest absolute Gasteiger partial charge is 0.248 e. The number of nitrogens with zero attached hydrogens (tertiary/aromatic N) is 3. The molecular weight excluding hydrogens is 331 g/mol. The molecule has 0 unspecified atom stereocenters. The molecule has 0 aliphatic heterocycles. The van der Waals surface area contributed by atoms with E-state index in [4.69, 9.17) is 11.6 Å². The van der Waals surface area contributed by atoms with Crippen LogP contribution >= 0.6 is 11.6 Å². The molecule has 1 N–H and O–H groups in total. The van der Waals surface area contributed by atoms with E-state index in [1.165, 1.54) is 10.7 Å². The predicted octanol–water partition coefficient (Wildman–Crippen LogP) is 1.70. The number of halogens is 2. The molecule has 0 spiro atoms. The first-order valence-corrected chi connectivity index (χ1v) is 8.68. The minimum Gasteiger partial charge on any atom is -0.248 e. The third kappa shape index (κ3) is 3.45. The Bertz CT molecular complexity index is 789. The van der Waals surface area contributed by atoms with Crippen LogP contribution in [0.3, 0.4) is 0 Å². The Labute approximate surface area is 132 Å². The molecule has 1 heterocycles. The van der Waals surface area contributed by atoms with Gasteiger partial charge in [0.25, 0.3) is 0 Å². The normalized spacial score (nSPS) is 15.2. The standard InChI is InChI=1S/C13H14ClFN4O2S/c14-12-3-1-2-9(13(12)15)7-19-8-10(17-18-19)6-16-22(20,21)11-4-5-11/h1-3,8,11,16H,4-7H2. The molecule has 0 atom stereocenters. The van der Waals surface area contributed by atoms with E-state index in [9.17, 15) is 12.8 Å². The van der Waals surface area contributed by atoms with E-state index >= 15 is 0 Å². The summed E-state index contributed by atoms with van der Waals surface area (Å²) in [4.78, 5) is 0. The average molecular weight is 345 g/mol. The first kappa shape index (κ1) is 15.4. The van der Waals surface area contributed by atoms with Gasteiger partial charge in [0.15, 0.2) is 0 Å². The molecule has 0 radical (unpaired) electrons. The molecule has 118 valence electrons. The molecule has 6 nitrogen and oxygen atoms in total. The molecule has 0 bridgehead atoms. The van der Waals surface area contributed by atoms with Gasteiger partial charge in [-0.2, -0.15) is 0 Å². The quantitative estimate of drug-likeness (QED) is 0.865. The van der Waals surface area contributed by atoms with Crippen molar-refractivity contribution in [1.82, 2.24) is 19.7 Å². The van der Waals surface area contributed by atoms with Crippen LogP contribution in [0.4, 0.5) is 4.39 Å². The fourth-order valence-corrected chi connectivity index (χ4v) is 3.55. The summed E-state index contributed by atoms with van der Waals surface area (Å²) in [5.41, 5.74) is 0.870. The Morgan fingerprint density at radius 3 is 2.91 bits per heavy atom. The van der Waals surface area contributed by atoms with Gasteiger partial charge in [-0.15, -0.1) is 5.10 Å². The predicted molar refractivity (Wildman–Crippen MR) is 79.3 cm³/mol. The highest BCUT2D eigenvalue weighted by Crippen LogP contribution is 2.27. The van der Waals surface area contributed by atoms with Crippen LogP contribution in [0.25, 0.3) is 0 Å². The van der Waals surface area contributed by atoms with Gasteiger partial charge in [0.05, 0.1) is 35.3 Å². The second kappa shape index (κ2) is 5.94. The number of rotatable bonds is 6. The van der Waals surface area contributed by atoms with Gasteiger partial charge in [0.1, 0.15) is 5.82 Å². The van der Waals surface area contributed by atoms with Gasteiger partial charge in [0, 0.05) is 5.56 Å². The van der Waals surface area contributed by atoms with Gasteiger partial charge >= 0.3 is 0 Å². The Morgan fingerprint density at radius 1 is 1.41 bits per heavy atom. The minimum absolute atomic E-state index is 0.0510. The van der Waals surface area contributed by atoms with E-state index in [1.54, 1.807) is 18.3 Å². The minimum atomic E-state index is -3.25. The lowest BCUT2D eigenvalue weighted by atomic mass is 10.2. The van der Waals surface area contributed by atoms with Crippen LogP contribution < -0.4 is 4.72 Å². The summed E-state index contributed by atoms with van der Waals surface area (Å²) in [6.45, 7) is 0.256. The van der Waals surface area contributed by atoms with Crippen molar-refractivity contribution in [3.05, 3.63) is 46.5 Å². The highest BCUT2D eigenvalue weighted by atomic mass is 35.5. The summed E-state index contributed by atoms with van der Waals surface area (Å²) < 4.78 is 41.2. The molecule has 1 aliphatic rings. The molecule has 3 rings (SSSR count). The average Bonchev–Trinajstić information content (AvgIpc) is 3.24. The van der Waals surface area contributed by atoms with E-state index in [2.05, 4.69) is 15.0 Å². The van der Waals surface area contributed by atoms with Crippen LogP contribution in [0.2, 0.25) is 5.02 Å². The van der Waals surface area contributed by atoms with Crippen LogP contribution in [-0.2, 0) is 23.1 Å². The van der Waals surface area contributed by atoms with E-state index in [0.717, 1.165) is 0 Å². The molecule has 9 heteroatoms. The molecule has 1 aliphatic carbocycles. The zero-order valence-electron chi connectivity index (χ0n) is 11.5. The monoisotopic (exact) mass is 344 g/mol. The van der Waals surface area contributed by atoms with Crippen LogP contribution in [0.5, 0.6) is 0 Å². The smallest absolute Gasteiger partial charge is 0.214 e. The summed E-state index contributed by atoms with van der Waals surface area (Å²) in [6.07, 6.45) is 2.99. The fraction of sp³-hybridized carbons (Fsp3) is 0.385. The van der Waals surface area contributed by atoms with Crippen molar-refractivity contribution in [2.24, 2.45) is 0 Å². The molecule has 2 aromatic rings. The van der Waals surface area contributed by atoms with Crippen molar-refractivity contribution in [1.29, 1.82) is 0 Å². The third-order valence-electron chi connectivity index (χ3n) is 3.37. The number of aromatic nitrogens is 3. The van der Waals surface area contributed by atoms with E-state index in [0.29, 0.717) is 24.1 Å². The van der Waals surface area contributed by atoms with Crippen LogP contribution in [0.15, 0.2) is 24.4 Å². The van der Waals surface area contributed by atoms with Crippen LogP contribution in [-0.4, -0.2) is 28.7 Å². The van der Waals surface area contributed by atoms with E-state index in [-0.39, 0.29) is 23.4 Å². The number of hydrogen-bond acceptors (Lipinski definition) is 4. The van der Waals surface area contributed by atoms with Crippen LogP contribution in [0.1, 0.15) is 24.1 Å². The molecular formula is C13H14ClFN4O2S. The second-order valence-corrected chi connectivity index (χ2v) is 7.64. The van der Waals surface area contributed by atoms with Crippen molar-refractivity contribution in [2.75, 3.05) is 0 Å². The molecule has 1 saturated carbocycles. The Hall–Kier alpha value is -1.51. The summed E-state index contributed by atoms with van der Waals surface area (Å²) in [7, 11) is -3.25. The summed E-state index contributed by atoms with van der Waals surface area (Å²) >= 11 is 5.72. The molecule has 1 aromatic heterocycles. The van der Waals surface area contributed by atoms with Gasteiger partial charge in [-0.05, 0) is 18.9 Å². The first-order chi connectivity index (χ1) is 10.5. The second-order valence-electron chi connectivity index (χ2n) is 5.19. The van der Waals surface area contributed by atoms with Crippen molar-refractivity contribution in [3.8, 4) is 0 Å². The van der Waals surface area contributed by atoms with Crippen molar-refractivity contribution in [3.63, 3.8) is 0 Å². The zero-order valence-corrected chi connectivity index (χ0v) is 13.1. The number of hydrogen-bond donors (Lipinski definition) is 1. The maximum absolute atomic E-state index is 13.8. The number of nitrogens with one attached hydrogen (secondary N) is 1. The summed E-state index contributed by atoms with van der Waals surface area (Å²) in [5, 5.41) is 7.52. The van der Waals surface area contributed by atoms with E-state index in [1.807, 2.05) is 0 Å². The molecule has 0 saturated heterocycles. The first-order valence-electron chi connectivity index (χ1n) is 6.76. The highest BCUT2D eigenvalue weighted by molar-refractivity contribution is 7.90. The lowest BCUT2D eigenvalue weighted by Gasteiger charge is -2.04. The van der Waals surface area contributed by atoms with Gasteiger partial charge in [0.2, 0.25) is 10.0 Å². The SMILES string of the molecule is O=S(=O)(NCc1cn(Cc2cccc(Cl)c2F)nn1)C1CC1. The number of benzene rings is 1. The molecule has 1 aromatic carbocycles. The Balaban J connectivity index is 1.65. The topological polar surface area (TPSA) is 76.9 Å². The molecule has 1 fully saturated rings. The fourth-order valence-electron chi connectivity index (χ4n) is 2.01. The summed E-state index contributed by atoms with van der Waals surface area (Å²) in [5.74, 6) is -0.490. The highest BCUT2D eigenvalue weighted by Gasteiger charge is 2.35. The lowest BCUT2D eigenvalue weighted by molar-refractivity contribution is 0.576. The van der Waals surface area contributed by atoms with Gasteiger partial charge in [-0.25, -0.2) is 22.2 Å².